The van der Waals surface area contributed by atoms with Gasteiger partial charge in [0.2, 0.25) is 5.95 Å². The molecule has 3 aliphatic rings. The third-order valence-corrected chi connectivity index (χ3v) is 7.71. The first-order valence-electron chi connectivity index (χ1n) is 12.2. The van der Waals surface area contributed by atoms with Crippen LogP contribution in [0, 0.1) is 30.4 Å². The summed E-state index contributed by atoms with van der Waals surface area (Å²) in [6.45, 7) is 4.70. The standard InChI is InChI=1S/C25H29F2N7/c1-15-10-22(29-14-28-15)33-12-17-5-6-18(13-33)23(17)30-25-31-24-19(4-2-3-9-34(24)32-25)16-7-8-20(26)21(27)11-16/h7-8,10-11,14,17-19,23H,2-6,9,12-13H2,1H3,(H,30,32)/t17-,18+,19-,23+/m1/s1. The molecule has 1 saturated carbocycles. The van der Waals surface area contributed by atoms with Crippen molar-refractivity contribution in [2.45, 2.75) is 57.5 Å². The number of fused-ring (bicyclic) bond motifs is 3. The molecular formula is C25H29F2N7. The first-order valence-corrected chi connectivity index (χ1v) is 12.2. The minimum atomic E-state index is -0.819. The third-order valence-electron chi connectivity index (χ3n) is 7.71. The quantitative estimate of drug-likeness (QED) is 0.620. The molecule has 2 fully saturated rings. The summed E-state index contributed by atoms with van der Waals surface area (Å²) < 4.78 is 29.4. The van der Waals surface area contributed by atoms with Crippen LogP contribution in [0.5, 0.6) is 0 Å². The molecule has 1 aliphatic carbocycles. The molecule has 4 atom stereocenters. The summed E-state index contributed by atoms with van der Waals surface area (Å²) in [5, 5.41) is 8.46. The van der Waals surface area contributed by atoms with Gasteiger partial charge in [-0.1, -0.05) is 12.5 Å². The summed E-state index contributed by atoms with van der Waals surface area (Å²) in [5.74, 6) is 1.78. The highest BCUT2D eigenvalue weighted by molar-refractivity contribution is 5.42. The lowest BCUT2D eigenvalue weighted by atomic mass is 9.92. The van der Waals surface area contributed by atoms with Gasteiger partial charge in [0.1, 0.15) is 18.0 Å². The van der Waals surface area contributed by atoms with Crippen molar-refractivity contribution in [1.29, 1.82) is 0 Å². The topological polar surface area (TPSA) is 71.8 Å². The van der Waals surface area contributed by atoms with Gasteiger partial charge in [-0.3, -0.25) is 0 Å². The molecule has 2 bridgehead atoms. The molecule has 0 radical (unpaired) electrons. The third kappa shape index (κ3) is 3.91. The van der Waals surface area contributed by atoms with Gasteiger partial charge in [-0.15, -0.1) is 5.10 Å². The Kier molecular flexibility index (Phi) is 5.42. The first-order chi connectivity index (χ1) is 16.5. The van der Waals surface area contributed by atoms with Crippen molar-refractivity contribution in [1.82, 2.24) is 24.7 Å². The zero-order valence-electron chi connectivity index (χ0n) is 19.3. The highest BCUT2D eigenvalue weighted by Gasteiger charge is 2.43. The van der Waals surface area contributed by atoms with E-state index in [4.69, 9.17) is 10.1 Å². The molecule has 3 aromatic rings. The summed E-state index contributed by atoms with van der Waals surface area (Å²) in [6, 6.07) is 6.57. The number of benzene rings is 1. The van der Waals surface area contributed by atoms with E-state index in [1.54, 1.807) is 12.4 Å². The van der Waals surface area contributed by atoms with E-state index in [2.05, 4.69) is 26.3 Å². The summed E-state index contributed by atoms with van der Waals surface area (Å²) >= 11 is 0. The molecule has 1 aromatic carbocycles. The van der Waals surface area contributed by atoms with Crippen molar-refractivity contribution >= 4 is 11.8 Å². The zero-order chi connectivity index (χ0) is 23.2. The van der Waals surface area contributed by atoms with Crippen LogP contribution >= 0.6 is 0 Å². The highest BCUT2D eigenvalue weighted by Crippen LogP contribution is 2.40. The molecule has 34 heavy (non-hydrogen) atoms. The molecule has 0 spiro atoms. The van der Waals surface area contributed by atoms with Crippen molar-refractivity contribution < 1.29 is 8.78 Å². The normalized spacial score (nSPS) is 26.3. The van der Waals surface area contributed by atoms with Crippen LogP contribution in [0.25, 0.3) is 0 Å². The molecule has 178 valence electrons. The van der Waals surface area contributed by atoms with Crippen LogP contribution in [0.4, 0.5) is 20.5 Å². The lowest BCUT2D eigenvalue weighted by Crippen LogP contribution is -2.48. The van der Waals surface area contributed by atoms with Crippen LogP contribution in [0.2, 0.25) is 0 Å². The maximum absolute atomic E-state index is 14.0. The molecule has 4 heterocycles. The zero-order valence-corrected chi connectivity index (χ0v) is 19.3. The Hall–Kier alpha value is -3.10. The van der Waals surface area contributed by atoms with Gasteiger partial charge in [-0.25, -0.2) is 23.4 Å². The number of aromatic nitrogens is 5. The van der Waals surface area contributed by atoms with E-state index < -0.39 is 11.6 Å². The minimum Gasteiger partial charge on any atom is -0.356 e. The fourth-order valence-electron chi connectivity index (χ4n) is 6.03. The second kappa shape index (κ2) is 8.60. The molecule has 0 unspecified atom stereocenters. The Labute approximate surface area is 197 Å². The molecule has 0 amide bonds. The Morgan fingerprint density at radius 3 is 2.56 bits per heavy atom. The average Bonchev–Trinajstić information content (AvgIpc) is 3.23. The number of hydrogen-bond donors (Lipinski definition) is 1. The smallest absolute Gasteiger partial charge is 0.242 e. The average molecular weight is 466 g/mol. The number of halogens is 2. The second-order valence-corrected chi connectivity index (χ2v) is 9.93. The largest absolute Gasteiger partial charge is 0.356 e. The van der Waals surface area contributed by atoms with E-state index in [-0.39, 0.29) is 5.92 Å². The number of nitrogens with one attached hydrogen (secondary N) is 1. The number of hydrogen-bond acceptors (Lipinski definition) is 6. The SMILES string of the molecule is Cc1cc(N2C[C@H]3CC[C@@H](C2)[C@H]3Nc2nc3n(n2)CCCC[C@@H]3c2ccc(F)c(F)c2)ncn1. The molecule has 1 N–H and O–H groups in total. The lowest BCUT2D eigenvalue weighted by Gasteiger charge is -2.38. The molecule has 9 heteroatoms. The van der Waals surface area contributed by atoms with Gasteiger partial charge in [0, 0.05) is 43.4 Å². The Morgan fingerprint density at radius 1 is 0.971 bits per heavy atom. The van der Waals surface area contributed by atoms with Crippen LogP contribution in [0.3, 0.4) is 0 Å². The van der Waals surface area contributed by atoms with Crippen molar-refractivity contribution in [3.8, 4) is 0 Å². The maximum atomic E-state index is 14.0. The predicted octanol–water partition coefficient (Wildman–Crippen LogP) is 4.30. The van der Waals surface area contributed by atoms with E-state index in [0.29, 0.717) is 23.8 Å². The number of nitrogens with zero attached hydrogens (tertiary/aromatic N) is 6. The summed E-state index contributed by atoms with van der Waals surface area (Å²) in [4.78, 5) is 16.0. The van der Waals surface area contributed by atoms with Crippen LogP contribution in [-0.2, 0) is 6.54 Å². The van der Waals surface area contributed by atoms with Gasteiger partial charge in [0.25, 0.3) is 0 Å². The van der Waals surface area contributed by atoms with E-state index in [0.717, 1.165) is 61.8 Å². The van der Waals surface area contributed by atoms with Gasteiger partial charge < -0.3 is 10.2 Å². The van der Waals surface area contributed by atoms with E-state index >= 15 is 0 Å². The molecular weight excluding hydrogens is 436 g/mol. The Balaban J connectivity index is 1.22. The fourth-order valence-corrected chi connectivity index (χ4v) is 6.03. The van der Waals surface area contributed by atoms with E-state index in [1.807, 2.05) is 11.6 Å². The van der Waals surface area contributed by atoms with E-state index in [1.165, 1.54) is 25.0 Å². The van der Waals surface area contributed by atoms with Crippen molar-refractivity contribution in [3.63, 3.8) is 0 Å². The Morgan fingerprint density at radius 2 is 1.79 bits per heavy atom. The van der Waals surface area contributed by atoms with Gasteiger partial charge in [0.15, 0.2) is 11.6 Å². The van der Waals surface area contributed by atoms with Gasteiger partial charge in [0.05, 0.1) is 0 Å². The number of rotatable bonds is 4. The van der Waals surface area contributed by atoms with Crippen LogP contribution in [-0.4, -0.2) is 43.9 Å². The molecule has 2 aliphatic heterocycles. The van der Waals surface area contributed by atoms with Crippen LogP contribution in [0.1, 0.15) is 55.1 Å². The highest BCUT2D eigenvalue weighted by atomic mass is 19.2. The summed E-state index contributed by atoms with van der Waals surface area (Å²) in [5.41, 5.74) is 1.74. The molecule has 2 aromatic heterocycles. The van der Waals surface area contributed by atoms with Gasteiger partial charge >= 0.3 is 0 Å². The van der Waals surface area contributed by atoms with Crippen molar-refractivity contribution in [3.05, 3.63) is 59.3 Å². The first kappa shape index (κ1) is 21.4. The summed E-state index contributed by atoms with van der Waals surface area (Å²) in [6.07, 6.45) is 6.84. The second-order valence-electron chi connectivity index (χ2n) is 9.93. The van der Waals surface area contributed by atoms with Crippen LogP contribution in [0.15, 0.2) is 30.6 Å². The van der Waals surface area contributed by atoms with Gasteiger partial charge in [-0.2, -0.15) is 4.98 Å². The predicted molar refractivity (Wildman–Crippen MR) is 125 cm³/mol. The minimum absolute atomic E-state index is 0.0831. The summed E-state index contributed by atoms with van der Waals surface area (Å²) in [7, 11) is 0. The monoisotopic (exact) mass is 465 g/mol. The van der Waals surface area contributed by atoms with E-state index in [9.17, 15) is 8.78 Å². The number of anilines is 2. The maximum Gasteiger partial charge on any atom is 0.242 e. The van der Waals surface area contributed by atoms with Crippen LogP contribution < -0.4 is 10.2 Å². The van der Waals surface area contributed by atoms with Crippen molar-refractivity contribution in [2.24, 2.45) is 11.8 Å². The fraction of sp³-hybridized carbons (Fsp3) is 0.520. The molecule has 6 rings (SSSR count). The number of piperidine rings is 1. The molecule has 1 saturated heterocycles. The molecule has 7 nitrogen and oxygen atoms in total. The van der Waals surface area contributed by atoms with Gasteiger partial charge in [-0.05, 0) is 62.1 Å². The number of aryl methyl sites for hydroxylation is 2. The lowest BCUT2D eigenvalue weighted by molar-refractivity contribution is 0.374. The van der Waals surface area contributed by atoms with Crippen molar-refractivity contribution in [2.75, 3.05) is 23.3 Å². The Bertz CT molecular complexity index is 1180.